The Morgan fingerprint density at radius 2 is 1.68 bits per heavy atom. The Morgan fingerprint density at radius 1 is 1.00 bits per heavy atom. The third-order valence-electron chi connectivity index (χ3n) is 4.23. The van der Waals surface area contributed by atoms with Gasteiger partial charge < -0.3 is 4.74 Å². The Hall–Kier alpha value is -3.14. The minimum Gasteiger partial charge on any atom is -0.495 e. The van der Waals surface area contributed by atoms with Crippen molar-refractivity contribution < 1.29 is 22.9 Å². The average Bonchev–Trinajstić information content (AvgIpc) is 2.74. The molecule has 160 valence electrons. The fourth-order valence-corrected chi connectivity index (χ4v) is 4.67. The molecule has 8 nitrogen and oxygen atoms in total. The van der Waals surface area contributed by atoms with Crippen LogP contribution in [0.25, 0.3) is 0 Å². The number of carbonyl (C=O) groups is 1. The second kappa shape index (κ2) is 8.93. The summed E-state index contributed by atoms with van der Waals surface area (Å²) in [6.07, 6.45) is 0. The average molecular weight is 481 g/mol. The summed E-state index contributed by atoms with van der Waals surface area (Å²) in [7, 11) is -3.00. The van der Waals surface area contributed by atoms with Gasteiger partial charge in [-0.2, -0.15) is 4.31 Å². The van der Waals surface area contributed by atoms with Crippen LogP contribution >= 0.6 is 23.2 Å². The molecule has 0 aromatic heterocycles. The molecule has 1 amide bonds. The molecule has 0 spiro atoms. The van der Waals surface area contributed by atoms with Crippen molar-refractivity contribution in [3.8, 4) is 5.75 Å². The topological polar surface area (TPSA) is 107 Å². The van der Waals surface area contributed by atoms with Crippen molar-refractivity contribution in [2.45, 2.75) is 4.90 Å². The lowest BCUT2D eigenvalue weighted by molar-refractivity contribution is -0.384. The highest BCUT2D eigenvalue weighted by Gasteiger charge is 2.33. The van der Waals surface area contributed by atoms with Crippen LogP contribution in [0.15, 0.2) is 71.6 Å². The zero-order chi connectivity index (χ0) is 22.8. The largest absolute Gasteiger partial charge is 0.495 e. The van der Waals surface area contributed by atoms with Gasteiger partial charge in [-0.1, -0.05) is 41.4 Å². The number of non-ortho nitro benzene ring substituents is 1. The normalized spacial score (nSPS) is 11.1. The van der Waals surface area contributed by atoms with Crippen molar-refractivity contribution in [1.29, 1.82) is 0 Å². The van der Waals surface area contributed by atoms with Gasteiger partial charge in [-0.3, -0.25) is 14.9 Å². The molecule has 0 saturated heterocycles. The van der Waals surface area contributed by atoms with E-state index in [1.807, 2.05) is 0 Å². The molecule has 0 fully saturated rings. The molecular weight excluding hydrogens is 467 g/mol. The third kappa shape index (κ3) is 4.48. The molecule has 0 aliphatic carbocycles. The molecule has 11 heteroatoms. The van der Waals surface area contributed by atoms with Crippen molar-refractivity contribution >= 4 is 50.5 Å². The van der Waals surface area contributed by atoms with E-state index in [4.69, 9.17) is 27.9 Å². The Morgan fingerprint density at radius 3 is 2.23 bits per heavy atom. The van der Waals surface area contributed by atoms with Gasteiger partial charge in [-0.15, -0.1) is 0 Å². The number of anilines is 1. The number of ether oxygens (including phenoxy) is 1. The predicted octanol–water partition coefficient (Wildman–Crippen LogP) is 4.95. The Balaban J connectivity index is 2.20. The van der Waals surface area contributed by atoms with E-state index in [-0.39, 0.29) is 37.6 Å². The summed E-state index contributed by atoms with van der Waals surface area (Å²) in [5, 5.41) is 10.8. The number of nitrogens with zero attached hydrogens (tertiary/aromatic N) is 2. The maximum atomic E-state index is 13.4. The van der Waals surface area contributed by atoms with E-state index in [9.17, 15) is 23.3 Å². The van der Waals surface area contributed by atoms with Gasteiger partial charge in [-0.05, 0) is 36.4 Å². The quantitative estimate of drug-likeness (QED) is 0.365. The number of amides is 1. The van der Waals surface area contributed by atoms with E-state index < -0.39 is 20.9 Å². The molecule has 0 unspecified atom stereocenters. The van der Waals surface area contributed by atoms with Crippen LogP contribution in [-0.2, 0) is 10.0 Å². The van der Waals surface area contributed by atoms with Crippen molar-refractivity contribution in [2.75, 3.05) is 11.4 Å². The molecule has 0 saturated carbocycles. The van der Waals surface area contributed by atoms with Crippen LogP contribution in [0.4, 0.5) is 11.4 Å². The standard InChI is InChI=1S/C20H14Cl2N2O6S/c1-30-19-10-8-13(11-18(19)22)23(31(28,29)15-5-3-2-4-6-15)20(25)16-9-7-14(24(26)27)12-17(16)21/h2-12H,1H3. The zero-order valence-corrected chi connectivity index (χ0v) is 18.2. The number of nitro benzene ring substituents is 1. The molecular formula is C20H14Cl2N2O6S. The summed E-state index contributed by atoms with van der Waals surface area (Å²) in [4.78, 5) is 23.5. The number of hydrogen-bond donors (Lipinski definition) is 0. The van der Waals surface area contributed by atoms with Gasteiger partial charge in [-0.25, -0.2) is 8.42 Å². The summed E-state index contributed by atoms with van der Waals surface area (Å²) >= 11 is 12.2. The van der Waals surface area contributed by atoms with Gasteiger partial charge >= 0.3 is 0 Å². The molecule has 0 bridgehead atoms. The summed E-state index contributed by atoms with van der Waals surface area (Å²) in [6.45, 7) is 0. The Labute approximate surface area is 187 Å². The minimum atomic E-state index is -4.39. The van der Waals surface area contributed by atoms with Crippen LogP contribution in [-0.4, -0.2) is 26.4 Å². The van der Waals surface area contributed by atoms with Crippen LogP contribution in [0.1, 0.15) is 10.4 Å². The van der Waals surface area contributed by atoms with E-state index in [1.54, 1.807) is 6.07 Å². The number of halogens is 2. The lowest BCUT2D eigenvalue weighted by atomic mass is 10.2. The third-order valence-corrected chi connectivity index (χ3v) is 6.56. The number of nitro groups is 1. The Kier molecular flexibility index (Phi) is 6.49. The molecule has 0 radical (unpaired) electrons. The van der Waals surface area contributed by atoms with Crippen LogP contribution in [0.5, 0.6) is 5.75 Å². The van der Waals surface area contributed by atoms with Gasteiger partial charge in [0.2, 0.25) is 0 Å². The monoisotopic (exact) mass is 480 g/mol. The summed E-state index contributed by atoms with van der Waals surface area (Å²) < 4.78 is 32.4. The van der Waals surface area contributed by atoms with E-state index in [0.717, 1.165) is 18.2 Å². The first-order valence-corrected chi connectivity index (χ1v) is 10.8. The molecule has 0 aliphatic rings. The van der Waals surface area contributed by atoms with Gasteiger partial charge in [0.1, 0.15) is 5.75 Å². The number of carbonyl (C=O) groups excluding carboxylic acids is 1. The lowest BCUT2D eigenvalue weighted by Gasteiger charge is -2.23. The second-order valence-electron chi connectivity index (χ2n) is 6.13. The number of benzene rings is 3. The minimum absolute atomic E-state index is 0.0610. The van der Waals surface area contributed by atoms with Gasteiger partial charge in [0, 0.05) is 12.1 Å². The highest BCUT2D eigenvalue weighted by atomic mass is 35.5. The van der Waals surface area contributed by atoms with E-state index >= 15 is 0 Å². The van der Waals surface area contributed by atoms with Crippen molar-refractivity contribution in [1.82, 2.24) is 0 Å². The Bertz CT molecular complexity index is 1270. The van der Waals surface area contributed by atoms with Crippen molar-refractivity contribution in [3.05, 3.63) is 92.5 Å². The SMILES string of the molecule is COc1ccc(N(C(=O)c2ccc([N+](=O)[O-])cc2Cl)S(=O)(=O)c2ccccc2)cc1Cl. The van der Waals surface area contributed by atoms with Crippen LogP contribution < -0.4 is 9.04 Å². The van der Waals surface area contributed by atoms with Gasteiger partial charge in [0.15, 0.2) is 0 Å². The van der Waals surface area contributed by atoms with Crippen LogP contribution in [0.3, 0.4) is 0 Å². The molecule has 3 aromatic carbocycles. The van der Waals surface area contributed by atoms with E-state index in [1.165, 1.54) is 49.6 Å². The predicted molar refractivity (Wildman–Crippen MR) is 117 cm³/mol. The first-order valence-electron chi connectivity index (χ1n) is 8.59. The zero-order valence-electron chi connectivity index (χ0n) is 15.9. The summed E-state index contributed by atoms with van der Waals surface area (Å²) in [6, 6.07) is 14.5. The molecule has 0 atom stereocenters. The summed E-state index contributed by atoms with van der Waals surface area (Å²) in [5.41, 5.74) is -0.640. The van der Waals surface area contributed by atoms with E-state index in [2.05, 4.69) is 0 Å². The van der Waals surface area contributed by atoms with Crippen LogP contribution in [0, 0.1) is 10.1 Å². The smallest absolute Gasteiger partial charge is 0.273 e. The summed E-state index contributed by atoms with van der Waals surface area (Å²) in [5.74, 6) is -0.728. The van der Waals surface area contributed by atoms with Crippen molar-refractivity contribution in [2.24, 2.45) is 0 Å². The molecule has 31 heavy (non-hydrogen) atoms. The highest BCUT2D eigenvalue weighted by Crippen LogP contribution is 2.34. The highest BCUT2D eigenvalue weighted by molar-refractivity contribution is 7.93. The number of hydrogen-bond acceptors (Lipinski definition) is 6. The number of methoxy groups -OCH3 is 1. The maximum absolute atomic E-state index is 13.4. The lowest BCUT2D eigenvalue weighted by Crippen LogP contribution is -2.37. The molecule has 0 aliphatic heterocycles. The second-order valence-corrected chi connectivity index (χ2v) is 8.73. The molecule has 0 N–H and O–H groups in total. The molecule has 3 rings (SSSR count). The maximum Gasteiger partial charge on any atom is 0.273 e. The number of sulfonamides is 1. The van der Waals surface area contributed by atoms with E-state index in [0.29, 0.717) is 4.31 Å². The first-order chi connectivity index (χ1) is 14.7. The van der Waals surface area contributed by atoms with Crippen molar-refractivity contribution in [3.63, 3.8) is 0 Å². The number of rotatable bonds is 6. The van der Waals surface area contributed by atoms with Gasteiger partial charge in [0.05, 0.1) is 38.2 Å². The molecule has 0 heterocycles. The fraction of sp³-hybridized carbons (Fsp3) is 0.0500. The molecule has 3 aromatic rings. The van der Waals surface area contributed by atoms with Gasteiger partial charge in [0.25, 0.3) is 21.6 Å². The first kappa shape index (κ1) is 22.5. The fourth-order valence-electron chi connectivity index (χ4n) is 2.75. The van der Waals surface area contributed by atoms with Crippen LogP contribution in [0.2, 0.25) is 10.0 Å².